The van der Waals surface area contributed by atoms with E-state index in [2.05, 4.69) is 6.92 Å². The van der Waals surface area contributed by atoms with Gasteiger partial charge in [-0.1, -0.05) is 96.8 Å². The predicted octanol–water partition coefficient (Wildman–Crippen LogP) is 4.57. The molecule has 0 heterocycles. The molecule has 0 aliphatic carbocycles. The summed E-state index contributed by atoms with van der Waals surface area (Å²) < 4.78 is 0. The summed E-state index contributed by atoms with van der Waals surface area (Å²) in [5, 5.41) is 27.4. The van der Waals surface area contributed by atoms with Crippen molar-refractivity contribution in [1.29, 1.82) is 0 Å². The van der Waals surface area contributed by atoms with E-state index in [-0.39, 0.29) is 6.61 Å². The van der Waals surface area contributed by atoms with E-state index >= 15 is 0 Å². The molecular formula is C19H40O3. The average Bonchev–Trinajstić information content (AvgIpc) is 2.54. The largest absolute Gasteiger partial charge is 0.394 e. The Morgan fingerprint density at radius 1 is 0.545 bits per heavy atom. The van der Waals surface area contributed by atoms with Gasteiger partial charge in [-0.3, -0.25) is 0 Å². The summed E-state index contributed by atoms with van der Waals surface area (Å²) >= 11 is 0. The first kappa shape index (κ1) is 21.9. The van der Waals surface area contributed by atoms with Crippen LogP contribution in [0.25, 0.3) is 0 Å². The second-order valence-corrected chi connectivity index (χ2v) is 6.70. The van der Waals surface area contributed by atoms with E-state index in [1.54, 1.807) is 0 Å². The zero-order valence-electron chi connectivity index (χ0n) is 14.8. The van der Waals surface area contributed by atoms with Crippen LogP contribution in [0.5, 0.6) is 0 Å². The molecule has 0 unspecified atom stereocenters. The van der Waals surface area contributed by atoms with Crippen molar-refractivity contribution in [2.45, 2.75) is 115 Å². The van der Waals surface area contributed by atoms with E-state index in [0.29, 0.717) is 6.42 Å². The molecule has 134 valence electrons. The van der Waals surface area contributed by atoms with Crippen molar-refractivity contribution in [1.82, 2.24) is 0 Å². The fraction of sp³-hybridized carbons (Fsp3) is 1.00. The minimum atomic E-state index is -0.970. The van der Waals surface area contributed by atoms with Crippen molar-refractivity contribution < 1.29 is 15.3 Å². The van der Waals surface area contributed by atoms with Gasteiger partial charge in [-0.05, 0) is 6.42 Å². The Morgan fingerprint density at radius 2 is 0.909 bits per heavy atom. The molecule has 0 rings (SSSR count). The van der Waals surface area contributed by atoms with E-state index in [1.165, 1.54) is 77.0 Å². The number of rotatable bonds is 17. The van der Waals surface area contributed by atoms with Crippen LogP contribution in [-0.2, 0) is 0 Å². The monoisotopic (exact) mass is 316 g/mol. The van der Waals surface area contributed by atoms with Crippen LogP contribution >= 0.6 is 0 Å². The normalized spacial score (nSPS) is 14.2. The first-order valence-corrected chi connectivity index (χ1v) is 9.69. The van der Waals surface area contributed by atoms with Crippen molar-refractivity contribution in [2.75, 3.05) is 6.61 Å². The first-order chi connectivity index (χ1) is 10.7. The molecule has 0 saturated carbocycles. The molecule has 0 aliphatic rings. The topological polar surface area (TPSA) is 60.7 Å². The molecule has 3 N–H and O–H groups in total. The molecule has 0 aliphatic heterocycles. The lowest BCUT2D eigenvalue weighted by Crippen LogP contribution is -2.28. The second kappa shape index (κ2) is 17.2. The molecule has 0 aromatic heterocycles. The van der Waals surface area contributed by atoms with E-state index in [9.17, 15) is 10.2 Å². The molecule has 0 fully saturated rings. The van der Waals surface area contributed by atoms with Crippen LogP contribution in [0.4, 0.5) is 0 Å². The number of aliphatic hydroxyl groups excluding tert-OH is 3. The Kier molecular flexibility index (Phi) is 17.1. The van der Waals surface area contributed by atoms with Gasteiger partial charge >= 0.3 is 0 Å². The molecule has 0 amide bonds. The van der Waals surface area contributed by atoms with E-state index in [0.717, 1.165) is 12.8 Å². The maximum absolute atomic E-state index is 9.50. The zero-order chi connectivity index (χ0) is 16.5. The third kappa shape index (κ3) is 14.8. The Balaban J connectivity index is 3.08. The molecule has 2 atom stereocenters. The Hall–Kier alpha value is -0.120. The third-order valence-electron chi connectivity index (χ3n) is 4.48. The summed E-state index contributed by atoms with van der Waals surface area (Å²) in [5.41, 5.74) is 0. The van der Waals surface area contributed by atoms with E-state index in [4.69, 9.17) is 5.11 Å². The maximum atomic E-state index is 9.50. The molecule has 0 saturated heterocycles. The van der Waals surface area contributed by atoms with Gasteiger partial charge in [0.1, 0.15) is 6.10 Å². The quantitative estimate of drug-likeness (QED) is 0.344. The van der Waals surface area contributed by atoms with Crippen LogP contribution in [0.1, 0.15) is 103 Å². The second-order valence-electron chi connectivity index (χ2n) is 6.70. The molecule has 0 radical (unpaired) electrons. The van der Waals surface area contributed by atoms with Gasteiger partial charge < -0.3 is 15.3 Å². The summed E-state index contributed by atoms with van der Waals surface area (Å²) in [4.78, 5) is 0. The number of hydrogen-bond acceptors (Lipinski definition) is 3. The van der Waals surface area contributed by atoms with Crippen molar-refractivity contribution >= 4 is 0 Å². The third-order valence-corrected chi connectivity index (χ3v) is 4.48. The number of hydrogen-bond donors (Lipinski definition) is 3. The molecule has 0 spiro atoms. The maximum Gasteiger partial charge on any atom is 0.103 e. The lowest BCUT2D eigenvalue weighted by atomic mass is 10.0. The zero-order valence-corrected chi connectivity index (χ0v) is 14.8. The van der Waals surface area contributed by atoms with Gasteiger partial charge in [-0.25, -0.2) is 0 Å². The predicted molar refractivity (Wildman–Crippen MR) is 94.0 cm³/mol. The van der Waals surface area contributed by atoms with Crippen molar-refractivity contribution in [3.63, 3.8) is 0 Å². The lowest BCUT2D eigenvalue weighted by Gasteiger charge is -2.14. The minimum Gasteiger partial charge on any atom is -0.394 e. The number of unbranched alkanes of at least 4 members (excludes halogenated alkanes) is 13. The average molecular weight is 317 g/mol. The smallest absolute Gasteiger partial charge is 0.103 e. The van der Waals surface area contributed by atoms with Gasteiger partial charge in [0.05, 0.1) is 12.7 Å². The molecule has 3 heteroatoms. The fourth-order valence-corrected chi connectivity index (χ4v) is 2.86. The van der Waals surface area contributed by atoms with Crippen LogP contribution < -0.4 is 0 Å². The van der Waals surface area contributed by atoms with Gasteiger partial charge in [0.15, 0.2) is 0 Å². The van der Waals surface area contributed by atoms with Gasteiger partial charge in [0.25, 0.3) is 0 Å². The van der Waals surface area contributed by atoms with Crippen LogP contribution in [0.3, 0.4) is 0 Å². The highest BCUT2D eigenvalue weighted by Gasteiger charge is 2.13. The molecular weight excluding hydrogens is 276 g/mol. The fourth-order valence-electron chi connectivity index (χ4n) is 2.86. The van der Waals surface area contributed by atoms with Crippen LogP contribution in [0.2, 0.25) is 0 Å². The minimum absolute atomic E-state index is 0.347. The highest BCUT2D eigenvalue weighted by Crippen LogP contribution is 2.14. The Bertz CT molecular complexity index is 209. The van der Waals surface area contributed by atoms with E-state index in [1.807, 2.05) is 0 Å². The van der Waals surface area contributed by atoms with E-state index < -0.39 is 12.2 Å². The van der Waals surface area contributed by atoms with Crippen LogP contribution in [-0.4, -0.2) is 34.1 Å². The molecule has 0 aromatic carbocycles. The van der Waals surface area contributed by atoms with Crippen molar-refractivity contribution in [3.05, 3.63) is 0 Å². The Morgan fingerprint density at radius 3 is 1.27 bits per heavy atom. The summed E-state index contributed by atoms with van der Waals surface area (Å²) in [5.74, 6) is 0. The van der Waals surface area contributed by atoms with Crippen molar-refractivity contribution in [2.24, 2.45) is 0 Å². The lowest BCUT2D eigenvalue weighted by molar-refractivity contribution is -0.0185. The van der Waals surface area contributed by atoms with Crippen molar-refractivity contribution in [3.8, 4) is 0 Å². The van der Waals surface area contributed by atoms with Gasteiger partial charge in [-0.2, -0.15) is 0 Å². The first-order valence-electron chi connectivity index (χ1n) is 9.69. The summed E-state index contributed by atoms with van der Waals surface area (Å²) in [7, 11) is 0. The Labute approximate surface area is 138 Å². The SMILES string of the molecule is CCCCCCCCCCCCCCCC[C@H](O)[C@@H](O)CO. The standard InChI is InChI=1S/C19H40O3/c1-2-3-4-5-6-7-8-9-10-11-12-13-14-15-16-18(21)19(22)17-20/h18-22H,2-17H2,1H3/t18-,19-/m0/s1. The highest BCUT2D eigenvalue weighted by atomic mass is 16.4. The molecule has 0 bridgehead atoms. The molecule has 22 heavy (non-hydrogen) atoms. The highest BCUT2D eigenvalue weighted by molar-refractivity contribution is 4.65. The van der Waals surface area contributed by atoms with Gasteiger partial charge in [0, 0.05) is 0 Å². The van der Waals surface area contributed by atoms with Gasteiger partial charge in [0.2, 0.25) is 0 Å². The summed E-state index contributed by atoms with van der Waals surface area (Å²) in [6, 6.07) is 0. The summed E-state index contributed by atoms with van der Waals surface area (Å²) in [6.45, 7) is 1.92. The molecule has 3 nitrogen and oxygen atoms in total. The van der Waals surface area contributed by atoms with Gasteiger partial charge in [-0.15, -0.1) is 0 Å². The molecule has 0 aromatic rings. The van der Waals surface area contributed by atoms with Crippen LogP contribution in [0.15, 0.2) is 0 Å². The van der Waals surface area contributed by atoms with Crippen LogP contribution in [0, 0.1) is 0 Å². The number of aliphatic hydroxyl groups is 3. The summed E-state index contributed by atoms with van der Waals surface area (Å²) in [6.07, 6.45) is 17.3.